The molecule has 2 rings (SSSR count). The zero-order chi connectivity index (χ0) is 14.8. The number of carbonyl (C=O) groups excluding carboxylic acids is 1. The molecule has 0 spiro atoms. The second-order valence-electron chi connectivity index (χ2n) is 5.82. The van der Waals surface area contributed by atoms with Gasteiger partial charge in [0.25, 0.3) is 0 Å². The molecule has 4 nitrogen and oxygen atoms in total. The van der Waals surface area contributed by atoms with Gasteiger partial charge in [0.15, 0.2) is 0 Å². The molecule has 20 heavy (non-hydrogen) atoms. The Morgan fingerprint density at radius 2 is 1.90 bits per heavy atom. The summed E-state index contributed by atoms with van der Waals surface area (Å²) in [4.78, 5) is 19.2. The summed E-state index contributed by atoms with van der Waals surface area (Å²) < 4.78 is 0. The quantitative estimate of drug-likeness (QED) is 0.870. The predicted molar refractivity (Wildman–Crippen MR) is 80.6 cm³/mol. The molecule has 1 heterocycles. The minimum Gasteiger partial charge on any atom is -0.328 e. The molecular formula is C16H19N3O. The molecule has 0 aliphatic rings. The van der Waals surface area contributed by atoms with Crippen molar-refractivity contribution in [2.24, 2.45) is 0 Å². The van der Waals surface area contributed by atoms with Crippen LogP contribution in [0.3, 0.4) is 0 Å². The van der Waals surface area contributed by atoms with Gasteiger partial charge in [0, 0.05) is 16.9 Å². The summed E-state index contributed by atoms with van der Waals surface area (Å²) in [7, 11) is 0. The summed E-state index contributed by atoms with van der Waals surface area (Å²) in [6.45, 7) is 8.28. The van der Waals surface area contributed by atoms with E-state index in [1.54, 1.807) is 6.33 Å². The van der Waals surface area contributed by atoms with E-state index in [1.165, 1.54) is 0 Å². The molecule has 0 bridgehead atoms. The van der Waals surface area contributed by atoms with Crippen LogP contribution < -0.4 is 5.32 Å². The fourth-order valence-corrected chi connectivity index (χ4v) is 2.15. The highest BCUT2D eigenvalue weighted by atomic mass is 16.1. The monoisotopic (exact) mass is 269 g/mol. The Bertz CT molecular complexity index is 630. The van der Waals surface area contributed by atoms with Crippen LogP contribution in [0.4, 0.5) is 5.69 Å². The van der Waals surface area contributed by atoms with Gasteiger partial charge in [-0.1, -0.05) is 32.9 Å². The first kappa shape index (κ1) is 14.2. The number of aryl methyl sites for hydroxylation is 1. The standard InChI is InChI=1S/C16H19N3O/c1-11-7-14(18-9-17-11)12-5-6-13(16(2,3)4)15(8-12)19-10-20/h5-10H,1-4H3,(H,19,20). The van der Waals surface area contributed by atoms with E-state index in [9.17, 15) is 4.79 Å². The molecule has 4 heteroatoms. The number of carbonyl (C=O) groups is 1. The largest absolute Gasteiger partial charge is 0.328 e. The maximum atomic E-state index is 10.8. The molecular weight excluding hydrogens is 250 g/mol. The second-order valence-corrected chi connectivity index (χ2v) is 5.82. The number of rotatable bonds is 3. The van der Waals surface area contributed by atoms with Crippen LogP contribution in [0.5, 0.6) is 0 Å². The van der Waals surface area contributed by atoms with Crippen molar-refractivity contribution in [3.05, 3.63) is 41.9 Å². The fourth-order valence-electron chi connectivity index (χ4n) is 2.15. The first-order valence-corrected chi connectivity index (χ1v) is 6.55. The van der Waals surface area contributed by atoms with Crippen LogP contribution in [-0.4, -0.2) is 16.4 Å². The molecule has 0 fully saturated rings. The van der Waals surface area contributed by atoms with Gasteiger partial charge >= 0.3 is 0 Å². The lowest BCUT2D eigenvalue weighted by atomic mass is 9.85. The number of anilines is 1. The number of hydrogen-bond donors (Lipinski definition) is 1. The summed E-state index contributed by atoms with van der Waals surface area (Å²) in [5.74, 6) is 0. The molecule has 0 unspecified atom stereocenters. The van der Waals surface area contributed by atoms with Gasteiger partial charge in [-0.25, -0.2) is 9.97 Å². The average molecular weight is 269 g/mol. The third kappa shape index (κ3) is 3.02. The predicted octanol–water partition coefficient (Wildman–Crippen LogP) is 3.32. The number of benzene rings is 1. The normalized spacial score (nSPS) is 11.2. The molecule has 0 aliphatic heterocycles. The lowest BCUT2D eigenvalue weighted by molar-refractivity contribution is -0.105. The van der Waals surface area contributed by atoms with Crippen molar-refractivity contribution in [3.8, 4) is 11.3 Å². The molecule has 1 amide bonds. The van der Waals surface area contributed by atoms with Gasteiger partial charge in [-0.3, -0.25) is 4.79 Å². The number of aromatic nitrogens is 2. The average Bonchev–Trinajstić information content (AvgIpc) is 2.38. The van der Waals surface area contributed by atoms with Crippen LogP contribution in [0.1, 0.15) is 32.0 Å². The number of nitrogens with one attached hydrogen (secondary N) is 1. The zero-order valence-corrected chi connectivity index (χ0v) is 12.3. The van der Waals surface area contributed by atoms with Crippen molar-refractivity contribution in [1.29, 1.82) is 0 Å². The fraction of sp³-hybridized carbons (Fsp3) is 0.312. The first-order chi connectivity index (χ1) is 9.41. The maximum Gasteiger partial charge on any atom is 0.211 e. The third-order valence-electron chi connectivity index (χ3n) is 3.14. The van der Waals surface area contributed by atoms with Crippen LogP contribution in [-0.2, 0) is 10.2 Å². The Labute approximate surface area is 119 Å². The molecule has 0 saturated carbocycles. The van der Waals surface area contributed by atoms with E-state index < -0.39 is 0 Å². The highest BCUT2D eigenvalue weighted by Gasteiger charge is 2.18. The van der Waals surface area contributed by atoms with Crippen LogP contribution >= 0.6 is 0 Å². The first-order valence-electron chi connectivity index (χ1n) is 6.55. The van der Waals surface area contributed by atoms with Crippen LogP contribution in [0.25, 0.3) is 11.3 Å². The molecule has 104 valence electrons. The molecule has 0 aliphatic carbocycles. The Morgan fingerprint density at radius 1 is 1.15 bits per heavy atom. The van der Waals surface area contributed by atoms with Gasteiger partial charge in [-0.05, 0) is 30.0 Å². The van der Waals surface area contributed by atoms with Gasteiger partial charge in [-0.15, -0.1) is 0 Å². The van der Waals surface area contributed by atoms with Crippen molar-refractivity contribution in [2.45, 2.75) is 33.1 Å². The second kappa shape index (κ2) is 5.41. The smallest absolute Gasteiger partial charge is 0.211 e. The SMILES string of the molecule is Cc1cc(-c2ccc(C(C)(C)C)c(NC=O)c2)ncn1. The molecule has 1 aromatic carbocycles. The van der Waals surface area contributed by atoms with Gasteiger partial charge < -0.3 is 5.32 Å². The Morgan fingerprint density at radius 3 is 2.50 bits per heavy atom. The summed E-state index contributed by atoms with van der Waals surface area (Å²) in [5.41, 5.74) is 4.62. The lowest BCUT2D eigenvalue weighted by Crippen LogP contribution is -2.14. The molecule has 0 atom stereocenters. The van der Waals surface area contributed by atoms with E-state index in [0.29, 0.717) is 6.41 Å². The topological polar surface area (TPSA) is 54.9 Å². The van der Waals surface area contributed by atoms with Crippen LogP contribution in [0.15, 0.2) is 30.6 Å². The van der Waals surface area contributed by atoms with Crippen molar-refractivity contribution < 1.29 is 4.79 Å². The summed E-state index contributed by atoms with van der Waals surface area (Å²) in [6, 6.07) is 7.95. The van der Waals surface area contributed by atoms with Crippen molar-refractivity contribution in [1.82, 2.24) is 9.97 Å². The van der Waals surface area contributed by atoms with E-state index in [0.717, 1.165) is 28.2 Å². The van der Waals surface area contributed by atoms with Crippen molar-refractivity contribution >= 4 is 12.1 Å². The highest BCUT2D eigenvalue weighted by molar-refractivity contribution is 5.78. The van der Waals surface area contributed by atoms with Gasteiger partial charge in [0.05, 0.1) is 5.69 Å². The van der Waals surface area contributed by atoms with E-state index in [4.69, 9.17) is 0 Å². The van der Waals surface area contributed by atoms with Crippen molar-refractivity contribution in [2.75, 3.05) is 5.32 Å². The van der Waals surface area contributed by atoms with Gasteiger partial charge in [0.1, 0.15) is 6.33 Å². The van der Waals surface area contributed by atoms with E-state index >= 15 is 0 Å². The summed E-state index contributed by atoms with van der Waals surface area (Å²) >= 11 is 0. The Kier molecular flexibility index (Phi) is 3.84. The number of hydrogen-bond acceptors (Lipinski definition) is 3. The summed E-state index contributed by atoms with van der Waals surface area (Å²) in [6.07, 6.45) is 2.26. The zero-order valence-electron chi connectivity index (χ0n) is 12.3. The van der Waals surface area contributed by atoms with Crippen molar-refractivity contribution in [3.63, 3.8) is 0 Å². The van der Waals surface area contributed by atoms with Crippen LogP contribution in [0, 0.1) is 6.92 Å². The van der Waals surface area contributed by atoms with Gasteiger partial charge in [-0.2, -0.15) is 0 Å². The molecule has 1 N–H and O–H groups in total. The highest BCUT2D eigenvalue weighted by Crippen LogP contribution is 2.32. The number of amides is 1. The summed E-state index contributed by atoms with van der Waals surface area (Å²) in [5, 5.41) is 2.78. The Hall–Kier alpha value is -2.23. The van der Waals surface area contributed by atoms with E-state index in [-0.39, 0.29) is 5.41 Å². The Balaban J connectivity index is 2.52. The molecule has 1 aromatic heterocycles. The minimum atomic E-state index is -0.0362. The van der Waals surface area contributed by atoms with Gasteiger partial charge in [0.2, 0.25) is 6.41 Å². The molecule has 0 radical (unpaired) electrons. The third-order valence-corrected chi connectivity index (χ3v) is 3.14. The minimum absolute atomic E-state index is 0.0362. The van der Waals surface area contributed by atoms with Crippen LogP contribution in [0.2, 0.25) is 0 Å². The number of nitrogens with zero attached hydrogens (tertiary/aromatic N) is 2. The van der Waals surface area contributed by atoms with E-state index in [2.05, 4.69) is 36.1 Å². The lowest BCUT2D eigenvalue weighted by Gasteiger charge is -2.23. The molecule has 0 saturated heterocycles. The molecule has 2 aromatic rings. The maximum absolute atomic E-state index is 10.8. The van der Waals surface area contributed by atoms with E-state index in [1.807, 2.05) is 31.2 Å².